The maximum Gasteiger partial charge on any atom is 0.170 e. The molecule has 4 heteroatoms. The predicted molar refractivity (Wildman–Crippen MR) is 49.2 cm³/mol. The Labute approximate surface area is 71.5 Å². The molecule has 0 aliphatic heterocycles. The van der Waals surface area contributed by atoms with Gasteiger partial charge in [-0.2, -0.15) is 0 Å². The van der Waals surface area contributed by atoms with Gasteiger partial charge in [0.05, 0.1) is 4.91 Å². The second-order valence-electron chi connectivity index (χ2n) is 2.61. The van der Waals surface area contributed by atoms with Crippen LogP contribution < -0.4 is 0 Å². The van der Waals surface area contributed by atoms with E-state index < -0.39 is 8.77 Å². The monoisotopic (exact) mass is 190 g/mol. The quantitative estimate of drug-likeness (QED) is 0.685. The van der Waals surface area contributed by atoms with Gasteiger partial charge in [0.25, 0.3) is 0 Å². The summed E-state index contributed by atoms with van der Waals surface area (Å²) in [5.41, 5.74) is 1.12. The number of hydrogen-bond acceptors (Lipinski definition) is 2. The van der Waals surface area contributed by atoms with Crippen molar-refractivity contribution in [3.8, 4) is 0 Å². The van der Waals surface area contributed by atoms with Crippen LogP contribution in [0.1, 0.15) is 19.8 Å². The lowest BCUT2D eigenvalue weighted by Gasteiger charge is -2.08. The van der Waals surface area contributed by atoms with Gasteiger partial charge in [0.2, 0.25) is 0 Å². The molecule has 0 radical (unpaired) electrons. The molecule has 1 unspecified atom stereocenters. The van der Waals surface area contributed by atoms with E-state index in [2.05, 4.69) is 11.2 Å². The third kappa shape index (κ3) is 2.39. The van der Waals surface area contributed by atoms with Crippen LogP contribution in [-0.4, -0.2) is 8.76 Å². The van der Waals surface area contributed by atoms with Gasteiger partial charge in [0.15, 0.2) is 8.77 Å². The molecule has 1 rings (SSSR count). The fourth-order valence-electron chi connectivity index (χ4n) is 0.996. The first-order valence-corrected chi connectivity index (χ1v) is 5.79. The summed E-state index contributed by atoms with van der Waals surface area (Å²) in [6.07, 6.45) is 5.24. The molecule has 0 saturated carbocycles. The van der Waals surface area contributed by atoms with Crippen molar-refractivity contribution in [3.05, 3.63) is 22.6 Å². The molecule has 1 N–H and O–H groups in total. The average molecular weight is 190 g/mol. The summed E-state index contributed by atoms with van der Waals surface area (Å²) in [6, 6.07) is 0. The summed E-state index contributed by atoms with van der Waals surface area (Å²) >= 11 is 4.43. The summed E-state index contributed by atoms with van der Waals surface area (Å²) in [7, 11) is -3.14. The van der Waals surface area contributed by atoms with Gasteiger partial charge in [-0.05, 0) is 25.8 Å². The van der Waals surface area contributed by atoms with Crippen LogP contribution in [0.2, 0.25) is 0 Å². The SMILES string of the molecule is CC1=CC(S(=O)(O)=S)=CCC1. The zero-order chi connectivity index (χ0) is 8.48. The third-order valence-corrected chi connectivity index (χ3v) is 3.03. The highest BCUT2D eigenvalue weighted by atomic mass is 32.8. The van der Waals surface area contributed by atoms with Crippen molar-refractivity contribution >= 4 is 20.0 Å². The summed E-state index contributed by atoms with van der Waals surface area (Å²) in [4.78, 5) is 0.399. The van der Waals surface area contributed by atoms with E-state index in [0.717, 1.165) is 18.4 Å². The van der Waals surface area contributed by atoms with Gasteiger partial charge in [0, 0.05) is 11.2 Å². The molecular formula is C7H10O2S2. The first-order chi connectivity index (χ1) is 5.00. The topological polar surface area (TPSA) is 37.3 Å². The average Bonchev–Trinajstić information content (AvgIpc) is 1.86. The number of hydrogen-bond donors (Lipinski definition) is 1. The fourth-order valence-corrected chi connectivity index (χ4v) is 2.02. The predicted octanol–water partition coefficient (Wildman–Crippen LogP) is 1.83. The Morgan fingerprint density at radius 3 is 2.73 bits per heavy atom. The van der Waals surface area contributed by atoms with E-state index in [1.807, 2.05) is 6.92 Å². The highest BCUT2D eigenvalue weighted by Gasteiger charge is 2.09. The lowest BCUT2D eigenvalue weighted by molar-refractivity contribution is 0.569. The fraction of sp³-hybridized carbons (Fsp3) is 0.429. The molecule has 0 spiro atoms. The van der Waals surface area contributed by atoms with Crippen molar-refractivity contribution in [1.29, 1.82) is 0 Å². The summed E-state index contributed by atoms with van der Waals surface area (Å²) in [5.74, 6) is 0. The van der Waals surface area contributed by atoms with Crippen molar-refractivity contribution in [2.24, 2.45) is 0 Å². The van der Waals surface area contributed by atoms with Crippen LogP contribution >= 0.6 is 0 Å². The van der Waals surface area contributed by atoms with Gasteiger partial charge in [-0.3, -0.25) is 0 Å². The van der Waals surface area contributed by atoms with E-state index in [9.17, 15) is 4.21 Å². The smallest absolute Gasteiger partial charge is 0.170 e. The van der Waals surface area contributed by atoms with E-state index in [-0.39, 0.29) is 0 Å². The van der Waals surface area contributed by atoms with Crippen LogP contribution in [0.5, 0.6) is 0 Å². The normalized spacial score (nSPS) is 23.5. The Balaban J connectivity index is 3.01. The van der Waals surface area contributed by atoms with Gasteiger partial charge in [0.1, 0.15) is 0 Å². The molecule has 2 nitrogen and oxygen atoms in total. The van der Waals surface area contributed by atoms with Crippen LogP contribution in [0.4, 0.5) is 0 Å². The zero-order valence-electron chi connectivity index (χ0n) is 6.24. The Kier molecular flexibility index (Phi) is 2.47. The zero-order valence-corrected chi connectivity index (χ0v) is 7.87. The molecule has 1 aliphatic carbocycles. The van der Waals surface area contributed by atoms with E-state index in [4.69, 9.17) is 4.55 Å². The maximum absolute atomic E-state index is 10.9. The molecule has 0 aromatic heterocycles. The van der Waals surface area contributed by atoms with Crippen molar-refractivity contribution < 1.29 is 8.76 Å². The Hall–Kier alpha value is -0.190. The Morgan fingerprint density at radius 1 is 1.73 bits per heavy atom. The summed E-state index contributed by atoms with van der Waals surface area (Å²) in [6.45, 7) is 1.94. The molecular weight excluding hydrogens is 180 g/mol. The first-order valence-electron chi connectivity index (χ1n) is 3.35. The lowest BCUT2D eigenvalue weighted by Crippen LogP contribution is -2.01. The molecule has 0 aromatic rings. The van der Waals surface area contributed by atoms with Gasteiger partial charge in [-0.1, -0.05) is 11.6 Å². The molecule has 0 amide bonds. The maximum atomic E-state index is 10.9. The minimum atomic E-state index is -3.14. The van der Waals surface area contributed by atoms with E-state index in [1.165, 1.54) is 0 Å². The molecule has 0 aromatic carbocycles. The Bertz CT molecular complexity index is 309. The van der Waals surface area contributed by atoms with Gasteiger partial charge in [-0.25, -0.2) is 4.21 Å². The second kappa shape index (κ2) is 3.05. The summed E-state index contributed by atoms with van der Waals surface area (Å²) in [5, 5.41) is 0. The van der Waals surface area contributed by atoms with Crippen LogP contribution in [-0.2, 0) is 20.0 Å². The van der Waals surface area contributed by atoms with Gasteiger partial charge < -0.3 is 4.55 Å². The Morgan fingerprint density at radius 2 is 2.36 bits per heavy atom. The standard InChI is InChI=1S/C7H10O2S2/c1-6-3-2-4-7(5-6)11(8,9)10/h4-5H,2-3H2,1H3,(H,8,9,10). The number of allylic oxidation sites excluding steroid dienone is 3. The van der Waals surface area contributed by atoms with Gasteiger partial charge in [-0.15, -0.1) is 0 Å². The highest BCUT2D eigenvalue weighted by molar-refractivity contribution is 8.32. The van der Waals surface area contributed by atoms with Crippen molar-refractivity contribution in [2.75, 3.05) is 0 Å². The number of rotatable bonds is 1. The molecule has 0 heterocycles. The van der Waals surface area contributed by atoms with E-state index in [0.29, 0.717) is 4.91 Å². The second-order valence-corrected chi connectivity index (χ2v) is 5.39. The molecule has 0 saturated heterocycles. The molecule has 11 heavy (non-hydrogen) atoms. The van der Waals surface area contributed by atoms with Crippen molar-refractivity contribution in [1.82, 2.24) is 0 Å². The molecule has 62 valence electrons. The molecule has 0 fully saturated rings. The van der Waals surface area contributed by atoms with Gasteiger partial charge >= 0.3 is 0 Å². The van der Waals surface area contributed by atoms with Crippen LogP contribution in [0, 0.1) is 0 Å². The molecule has 0 bridgehead atoms. The van der Waals surface area contributed by atoms with E-state index >= 15 is 0 Å². The van der Waals surface area contributed by atoms with Crippen LogP contribution in [0.15, 0.2) is 22.6 Å². The van der Waals surface area contributed by atoms with Crippen LogP contribution in [0.3, 0.4) is 0 Å². The van der Waals surface area contributed by atoms with Crippen molar-refractivity contribution in [3.63, 3.8) is 0 Å². The minimum absolute atomic E-state index is 0.399. The lowest BCUT2D eigenvalue weighted by atomic mass is 10.1. The van der Waals surface area contributed by atoms with Crippen molar-refractivity contribution in [2.45, 2.75) is 19.8 Å². The largest absolute Gasteiger partial charge is 0.302 e. The van der Waals surface area contributed by atoms with E-state index in [1.54, 1.807) is 12.2 Å². The first kappa shape index (κ1) is 8.90. The highest BCUT2D eigenvalue weighted by Crippen LogP contribution is 2.19. The third-order valence-electron chi connectivity index (χ3n) is 1.57. The summed E-state index contributed by atoms with van der Waals surface area (Å²) < 4.78 is 19.9. The molecule has 1 aliphatic rings. The minimum Gasteiger partial charge on any atom is -0.302 e. The van der Waals surface area contributed by atoms with Crippen LogP contribution in [0.25, 0.3) is 0 Å². The molecule has 1 atom stereocenters.